The van der Waals surface area contributed by atoms with Crippen LogP contribution in [0.5, 0.6) is 11.5 Å². The zero-order chi connectivity index (χ0) is 13.9. The Labute approximate surface area is 114 Å². The summed E-state index contributed by atoms with van der Waals surface area (Å²) in [5.74, 6) is 1.64. The number of aryl methyl sites for hydroxylation is 1. The van der Waals surface area contributed by atoms with Gasteiger partial charge in [-0.1, -0.05) is 13.0 Å². The Morgan fingerprint density at radius 3 is 2.74 bits per heavy atom. The van der Waals surface area contributed by atoms with Gasteiger partial charge in [-0.3, -0.25) is 0 Å². The van der Waals surface area contributed by atoms with Gasteiger partial charge < -0.3 is 20.3 Å². The maximum absolute atomic E-state index is 9.18. The van der Waals surface area contributed by atoms with Crippen LogP contribution in [0.4, 0.5) is 0 Å². The third-order valence-corrected chi connectivity index (χ3v) is 4.20. The van der Waals surface area contributed by atoms with Crippen molar-refractivity contribution in [2.75, 3.05) is 13.4 Å². The second-order valence-corrected chi connectivity index (χ2v) is 5.60. The molecule has 1 heterocycles. The number of ether oxygens (including phenoxy) is 2. The number of nitrogens with two attached hydrogens (primary N) is 1. The molecule has 0 radical (unpaired) electrons. The molecule has 19 heavy (non-hydrogen) atoms. The molecule has 0 aromatic heterocycles. The number of fused-ring (bicyclic) bond motifs is 1. The fourth-order valence-electron chi connectivity index (χ4n) is 2.36. The molecule has 0 amide bonds. The Morgan fingerprint density at radius 1 is 1.32 bits per heavy atom. The van der Waals surface area contributed by atoms with Crippen LogP contribution in [0.2, 0.25) is 0 Å². The highest BCUT2D eigenvalue weighted by molar-refractivity contribution is 5.44. The Balaban J connectivity index is 2.01. The monoisotopic (exact) mass is 265 g/mol. The number of aliphatic hydroxyl groups is 1. The van der Waals surface area contributed by atoms with Crippen molar-refractivity contribution in [2.24, 2.45) is 11.1 Å². The van der Waals surface area contributed by atoms with Crippen LogP contribution in [-0.2, 0) is 6.42 Å². The lowest BCUT2D eigenvalue weighted by atomic mass is 9.76. The first-order valence-electron chi connectivity index (χ1n) is 6.80. The average Bonchev–Trinajstić information content (AvgIpc) is 2.84. The van der Waals surface area contributed by atoms with Crippen LogP contribution in [-0.4, -0.2) is 24.5 Å². The van der Waals surface area contributed by atoms with Crippen molar-refractivity contribution in [3.63, 3.8) is 0 Å². The van der Waals surface area contributed by atoms with Crippen LogP contribution in [0.3, 0.4) is 0 Å². The molecule has 0 saturated heterocycles. The van der Waals surface area contributed by atoms with Gasteiger partial charge in [-0.2, -0.15) is 0 Å². The zero-order valence-corrected chi connectivity index (χ0v) is 11.7. The van der Waals surface area contributed by atoms with E-state index >= 15 is 0 Å². The molecule has 106 valence electrons. The highest BCUT2D eigenvalue weighted by Gasteiger charge is 2.28. The van der Waals surface area contributed by atoms with Gasteiger partial charge in [0.2, 0.25) is 6.79 Å². The summed E-state index contributed by atoms with van der Waals surface area (Å²) in [6, 6.07) is 6.11. The first-order chi connectivity index (χ1) is 9.05. The Morgan fingerprint density at radius 2 is 2.05 bits per heavy atom. The summed E-state index contributed by atoms with van der Waals surface area (Å²) in [6.07, 6.45) is 2.61. The summed E-state index contributed by atoms with van der Waals surface area (Å²) < 4.78 is 10.7. The molecule has 2 atom stereocenters. The third-order valence-electron chi connectivity index (χ3n) is 4.20. The van der Waals surface area contributed by atoms with Gasteiger partial charge in [-0.15, -0.1) is 0 Å². The number of hydrogen-bond donors (Lipinski definition) is 2. The summed E-state index contributed by atoms with van der Waals surface area (Å²) in [7, 11) is 0. The van der Waals surface area contributed by atoms with Crippen molar-refractivity contribution in [3.8, 4) is 11.5 Å². The lowest BCUT2D eigenvalue weighted by Crippen LogP contribution is -2.38. The quantitative estimate of drug-likeness (QED) is 0.826. The van der Waals surface area contributed by atoms with E-state index < -0.39 is 0 Å². The van der Waals surface area contributed by atoms with E-state index in [1.807, 2.05) is 19.1 Å². The van der Waals surface area contributed by atoms with Crippen LogP contribution in [0, 0.1) is 5.41 Å². The molecular formula is C15H23NO3. The Hall–Kier alpha value is -1.26. The standard InChI is InChI=1S/C15H23NO3/c1-11(16)15(2,7-8-17)6-5-12-3-4-13-14(9-12)19-10-18-13/h3-4,9,11,17H,5-8,10,16H2,1-2H3. The molecule has 1 aromatic carbocycles. The normalized spacial score (nSPS) is 18.1. The minimum Gasteiger partial charge on any atom is -0.454 e. The van der Waals surface area contributed by atoms with Gasteiger partial charge in [0.25, 0.3) is 0 Å². The van der Waals surface area contributed by atoms with Crippen molar-refractivity contribution in [1.82, 2.24) is 0 Å². The molecular weight excluding hydrogens is 242 g/mol. The molecule has 4 nitrogen and oxygen atoms in total. The van der Waals surface area contributed by atoms with E-state index in [0.717, 1.165) is 30.8 Å². The molecule has 2 rings (SSSR count). The number of aliphatic hydroxyl groups excluding tert-OH is 1. The SMILES string of the molecule is CC(N)C(C)(CCO)CCc1ccc2c(c1)OCO2. The molecule has 0 saturated carbocycles. The predicted molar refractivity (Wildman–Crippen MR) is 74.3 cm³/mol. The van der Waals surface area contributed by atoms with E-state index in [0.29, 0.717) is 6.79 Å². The van der Waals surface area contributed by atoms with Gasteiger partial charge in [0.05, 0.1) is 0 Å². The fourth-order valence-corrected chi connectivity index (χ4v) is 2.36. The summed E-state index contributed by atoms with van der Waals surface area (Å²) in [5.41, 5.74) is 7.24. The first kappa shape index (κ1) is 14.2. The summed E-state index contributed by atoms with van der Waals surface area (Å²) in [6.45, 7) is 4.64. The second kappa shape index (κ2) is 5.80. The molecule has 1 aliphatic rings. The summed E-state index contributed by atoms with van der Waals surface area (Å²) in [5, 5.41) is 9.18. The molecule has 0 bridgehead atoms. The maximum atomic E-state index is 9.18. The molecule has 0 aliphatic carbocycles. The van der Waals surface area contributed by atoms with E-state index in [4.69, 9.17) is 15.2 Å². The lowest BCUT2D eigenvalue weighted by molar-refractivity contribution is 0.161. The zero-order valence-electron chi connectivity index (χ0n) is 11.7. The van der Waals surface area contributed by atoms with Gasteiger partial charge in [0, 0.05) is 12.6 Å². The van der Waals surface area contributed by atoms with E-state index in [9.17, 15) is 5.11 Å². The van der Waals surface area contributed by atoms with Crippen molar-refractivity contribution >= 4 is 0 Å². The smallest absolute Gasteiger partial charge is 0.231 e. The summed E-state index contributed by atoms with van der Waals surface area (Å²) in [4.78, 5) is 0. The van der Waals surface area contributed by atoms with Crippen LogP contribution >= 0.6 is 0 Å². The van der Waals surface area contributed by atoms with Crippen molar-refractivity contribution < 1.29 is 14.6 Å². The van der Waals surface area contributed by atoms with E-state index in [1.54, 1.807) is 0 Å². The van der Waals surface area contributed by atoms with Gasteiger partial charge in [-0.05, 0) is 49.3 Å². The van der Waals surface area contributed by atoms with Crippen molar-refractivity contribution in [3.05, 3.63) is 23.8 Å². The number of benzene rings is 1. The molecule has 0 spiro atoms. The van der Waals surface area contributed by atoms with E-state index in [-0.39, 0.29) is 18.1 Å². The Kier molecular flexibility index (Phi) is 4.32. The molecule has 0 fully saturated rings. The van der Waals surface area contributed by atoms with Crippen LogP contribution in [0.15, 0.2) is 18.2 Å². The van der Waals surface area contributed by atoms with E-state index in [1.165, 1.54) is 5.56 Å². The third kappa shape index (κ3) is 3.19. The van der Waals surface area contributed by atoms with Crippen molar-refractivity contribution in [2.45, 2.75) is 39.2 Å². The van der Waals surface area contributed by atoms with Gasteiger partial charge in [0.15, 0.2) is 11.5 Å². The topological polar surface area (TPSA) is 64.7 Å². The van der Waals surface area contributed by atoms with Gasteiger partial charge in [0.1, 0.15) is 0 Å². The number of rotatable bonds is 6. The molecule has 4 heteroatoms. The molecule has 1 aliphatic heterocycles. The minimum atomic E-state index is -0.0366. The Bertz CT molecular complexity index is 433. The van der Waals surface area contributed by atoms with Crippen molar-refractivity contribution in [1.29, 1.82) is 0 Å². The van der Waals surface area contributed by atoms with Crippen LogP contribution < -0.4 is 15.2 Å². The maximum Gasteiger partial charge on any atom is 0.231 e. The molecule has 3 N–H and O–H groups in total. The van der Waals surface area contributed by atoms with Gasteiger partial charge in [-0.25, -0.2) is 0 Å². The van der Waals surface area contributed by atoms with E-state index in [2.05, 4.69) is 13.0 Å². The first-order valence-corrected chi connectivity index (χ1v) is 6.80. The second-order valence-electron chi connectivity index (χ2n) is 5.60. The van der Waals surface area contributed by atoms with Crippen LogP contribution in [0.1, 0.15) is 32.3 Å². The average molecular weight is 265 g/mol. The lowest BCUT2D eigenvalue weighted by Gasteiger charge is -2.33. The largest absolute Gasteiger partial charge is 0.454 e. The highest BCUT2D eigenvalue weighted by Crippen LogP contribution is 2.35. The molecule has 2 unspecified atom stereocenters. The highest BCUT2D eigenvalue weighted by atomic mass is 16.7. The molecule has 1 aromatic rings. The fraction of sp³-hybridized carbons (Fsp3) is 0.600. The predicted octanol–water partition coefficient (Wildman–Crippen LogP) is 2.08. The van der Waals surface area contributed by atoms with Gasteiger partial charge >= 0.3 is 0 Å². The minimum absolute atomic E-state index is 0.0366. The number of hydrogen-bond acceptors (Lipinski definition) is 4. The van der Waals surface area contributed by atoms with Crippen LogP contribution in [0.25, 0.3) is 0 Å². The summed E-state index contributed by atoms with van der Waals surface area (Å²) >= 11 is 0.